The van der Waals surface area contributed by atoms with E-state index < -0.39 is 0 Å². The van der Waals surface area contributed by atoms with E-state index in [0.29, 0.717) is 0 Å². The van der Waals surface area contributed by atoms with Gasteiger partial charge in [-0.1, -0.05) is 35.9 Å². The monoisotopic (exact) mass is 306 g/mol. The molecule has 2 N–H and O–H groups in total. The van der Waals surface area contributed by atoms with Crippen LogP contribution in [0.3, 0.4) is 0 Å². The van der Waals surface area contributed by atoms with Crippen LogP contribution < -0.4 is 9.80 Å². The lowest BCUT2D eigenvalue weighted by Crippen LogP contribution is -3.27. The number of nitrogens with one attached hydrogen (secondary N) is 2. The van der Waals surface area contributed by atoms with E-state index in [1.165, 1.54) is 57.5 Å². The summed E-state index contributed by atoms with van der Waals surface area (Å²) < 4.78 is 0. The Labute approximate surface area is 133 Å². The van der Waals surface area contributed by atoms with E-state index >= 15 is 0 Å². The van der Waals surface area contributed by atoms with Crippen molar-refractivity contribution >= 4 is 11.6 Å². The van der Waals surface area contributed by atoms with Crippen molar-refractivity contribution < 1.29 is 9.80 Å². The van der Waals surface area contributed by atoms with Crippen molar-refractivity contribution in [3.8, 4) is 0 Å². The van der Waals surface area contributed by atoms with E-state index in [-0.39, 0.29) is 0 Å². The highest BCUT2D eigenvalue weighted by molar-refractivity contribution is 6.30. The Balaban J connectivity index is 1.42. The normalized spacial score (nSPS) is 29.5. The Morgan fingerprint density at radius 2 is 1.67 bits per heavy atom. The number of hydrogen-bond donors (Lipinski definition) is 2. The van der Waals surface area contributed by atoms with Crippen molar-refractivity contribution in [2.45, 2.75) is 25.8 Å². The van der Waals surface area contributed by atoms with Gasteiger partial charge in [0.05, 0.1) is 6.54 Å². The summed E-state index contributed by atoms with van der Waals surface area (Å²) in [6.45, 7) is 7.82. The minimum atomic E-state index is 0.838. The lowest BCUT2D eigenvalue weighted by atomic mass is 9.94. The quantitative estimate of drug-likeness (QED) is 0.768. The second-order valence-corrected chi connectivity index (χ2v) is 7.09. The summed E-state index contributed by atoms with van der Waals surface area (Å²) in [4.78, 5) is 3.56. The molecule has 0 bridgehead atoms. The number of piperazine rings is 1. The van der Waals surface area contributed by atoms with Crippen LogP contribution in [0, 0.1) is 5.92 Å². The third-order valence-electron chi connectivity index (χ3n) is 4.99. The van der Waals surface area contributed by atoms with Gasteiger partial charge in [-0.2, -0.15) is 0 Å². The van der Waals surface area contributed by atoms with Gasteiger partial charge in [-0.15, -0.1) is 0 Å². The summed E-state index contributed by atoms with van der Waals surface area (Å²) in [6, 6.07) is 8.36. The molecule has 2 nitrogen and oxygen atoms in total. The topological polar surface area (TPSA) is 8.88 Å². The molecule has 1 aromatic rings. The van der Waals surface area contributed by atoms with Gasteiger partial charge in [0.25, 0.3) is 0 Å². The van der Waals surface area contributed by atoms with Gasteiger partial charge in [0.2, 0.25) is 0 Å². The SMILES string of the molecule is Clc1ccc(C[NH+]2CC[NH+](C[C@@H]3CC=CCC3)CC2)cc1. The van der Waals surface area contributed by atoms with Crippen LogP contribution in [0.15, 0.2) is 36.4 Å². The molecule has 3 rings (SSSR count). The fraction of sp³-hybridized carbons (Fsp3) is 0.556. The summed E-state index contributed by atoms with van der Waals surface area (Å²) in [5, 5.41) is 0.838. The Kier molecular flexibility index (Phi) is 5.34. The van der Waals surface area contributed by atoms with Crippen molar-refractivity contribution in [3.05, 3.63) is 47.0 Å². The standard InChI is InChI=1S/C18H25ClN2/c19-18-8-6-17(7-9-18)15-21-12-10-20(11-13-21)14-16-4-2-1-3-5-16/h1-2,6-9,16H,3-5,10-15H2/p+2/t16-/m1/s1. The predicted molar refractivity (Wildman–Crippen MR) is 87.9 cm³/mol. The summed E-state index contributed by atoms with van der Waals surface area (Å²) in [5.41, 5.74) is 1.41. The molecule has 1 aromatic carbocycles. The molecule has 0 unspecified atom stereocenters. The average Bonchev–Trinajstić information content (AvgIpc) is 2.53. The van der Waals surface area contributed by atoms with Crippen LogP contribution in [0.25, 0.3) is 0 Å². The third-order valence-corrected chi connectivity index (χ3v) is 5.24. The highest BCUT2D eigenvalue weighted by atomic mass is 35.5. The van der Waals surface area contributed by atoms with Crippen molar-refractivity contribution in [1.82, 2.24) is 0 Å². The predicted octanol–water partition coefficient (Wildman–Crippen LogP) is 0.980. The van der Waals surface area contributed by atoms with Crippen molar-refractivity contribution in [1.29, 1.82) is 0 Å². The first kappa shape index (κ1) is 15.1. The fourth-order valence-corrected chi connectivity index (χ4v) is 3.80. The molecule has 1 saturated heterocycles. The first-order valence-electron chi connectivity index (χ1n) is 8.36. The van der Waals surface area contributed by atoms with Gasteiger partial charge >= 0.3 is 0 Å². The number of allylic oxidation sites excluding steroid dienone is 2. The number of halogens is 1. The Bertz CT molecular complexity index is 461. The Morgan fingerprint density at radius 1 is 0.952 bits per heavy atom. The van der Waals surface area contributed by atoms with E-state index in [1.807, 2.05) is 17.0 Å². The molecule has 0 saturated carbocycles. The Morgan fingerprint density at radius 3 is 2.33 bits per heavy atom. The van der Waals surface area contributed by atoms with E-state index in [0.717, 1.165) is 17.5 Å². The lowest BCUT2D eigenvalue weighted by molar-refractivity contribution is -1.02. The second kappa shape index (κ2) is 7.44. The first-order valence-corrected chi connectivity index (χ1v) is 8.74. The molecule has 1 aliphatic carbocycles. The van der Waals surface area contributed by atoms with Gasteiger partial charge in [-0.05, 0) is 31.4 Å². The number of rotatable bonds is 4. The zero-order chi connectivity index (χ0) is 14.5. The largest absolute Gasteiger partial charge is 0.325 e. The van der Waals surface area contributed by atoms with Crippen molar-refractivity contribution in [3.63, 3.8) is 0 Å². The number of hydrogen-bond acceptors (Lipinski definition) is 0. The molecular weight excluding hydrogens is 280 g/mol. The van der Waals surface area contributed by atoms with Crippen LogP contribution in [0.4, 0.5) is 0 Å². The van der Waals surface area contributed by atoms with Gasteiger partial charge in [0.1, 0.15) is 32.7 Å². The third kappa shape index (κ3) is 4.57. The molecule has 21 heavy (non-hydrogen) atoms. The fourth-order valence-electron chi connectivity index (χ4n) is 3.68. The van der Waals surface area contributed by atoms with E-state index in [4.69, 9.17) is 11.6 Å². The molecular formula is C18H27ClN2+2. The molecule has 1 aliphatic heterocycles. The summed E-state index contributed by atoms with van der Waals surface area (Å²) in [5.74, 6) is 0.933. The highest BCUT2D eigenvalue weighted by Crippen LogP contribution is 2.16. The lowest BCUT2D eigenvalue weighted by Gasteiger charge is -2.32. The van der Waals surface area contributed by atoms with Gasteiger partial charge in [-0.3, -0.25) is 0 Å². The first-order chi connectivity index (χ1) is 10.3. The minimum Gasteiger partial charge on any atom is -0.325 e. The summed E-state index contributed by atoms with van der Waals surface area (Å²) in [6.07, 6.45) is 8.74. The molecule has 0 radical (unpaired) electrons. The molecule has 1 fully saturated rings. The van der Waals surface area contributed by atoms with Gasteiger partial charge in [-0.25, -0.2) is 0 Å². The summed E-state index contributed by atoms with van der Waals surface area (Å²) >= 11 is 5.95. The maximum Gasteiger partial charge on any atom is 0.127 e. The van der Waals surface area contributed by atoms with E-state index in [2.05, 4.69) is 24.3 Å². The minimum absolute atomic E-state index is 0.838. The molecule has 0 spiro atoms. The van der Waals surface area contributed by atoms with Crippen LogP contribution in [-0.2, 0) is 6.54 Å². The molecule has 0 amide bonds. The smallest absolute Gasteiger partial charge is 0.127 e. The molecule has 2 aliphatic rings. The summed E-state index contributed by atoms with van der Waals surface area (Å²) in [7, 11) is 0. The van der Waals surface area contributed by atoms with E-state index in [1.54, 1.807) is 4.90 Å². The zero-order valence-electron chi connectivity index (χ0n) is 12.8. The molecule has 0 aromatic heterocycles. The molecule has 1 atom stereocenters. The number of quaternary nitrogens is 2. The van der Waals surface area contributed by atoms with E-state index in [9.17, 15) is 0 Å². The van der Waals surface area contributed by atoms with Crippen LogP contribution >= 0.6 is 11.6 Å². The average molecular weight is 307 g/mol. The van der Waals surface area contributed by atoms with Crippen molar-refractivity contribution in [2.75, 3.05) is 32.7 Å². The van der Waals surface area contributed by atoms with Crippen LogP contribution in [0.2, 0.25) is 5.02 Å². The van der Waals surface area contributed by atoms with Gasteiger partial charge < -0.3 is 9.80 Å². The Hall–Kier alpha value is -0.830. The maximum absolute atomic E-state index is 5.95. The van der Waals surface area contributed by atoms with Crippen molar-refractivity contribution in [2.24, 2.45) is 5.92 Å². The van der Waals surface area contributed by atoms with Gasteiger partial charge in [0, 0.05) is 16.5 Å². The van der Waals surface area contributed by atoms with Crippen LogP contribution in [0.5, 0.6) is 0 Å². The molecule has 1 heterocycles. The molecule has 114 valence electrons. The van der Waals surface area contributed by atoms with Gasteiger partial charge in [0.15, 0.2) is 0 Å². The zero-order valence-corrected chi connectivity index (χ0v) is 13.5. The number of benzene rings is 1. The highest BCUT2D eigenvalue weighted by Gasteiger charge is 2.25. The second-order valence-electron chi connectivity index (χ2n) is 6.66. The maximum atomic E-state index is 5.95. The van der Waals surface area contributed by atoms with Crippen LogP contribution in [-0.4, -0.2) is 32.7 Å². The molecule has 3 heteroatoms. The van der Waals surface area contributed by atoms with Crippen LogP contribution in [0.1, 0.15) is 24.8 Å².